The van der Waals surface area contributed by atoms with Gasteiger partial charge < -0.3 is 5.11 Å². The van der Waals surface area contributed by atoms with Gasteiger partial charge in [-0.1, -0.05) is 56.3 Å². The van der Waals surface area contributed by atoms with Crippen LogP contribution in [0.1, 0.15) is 31.5 Å². The van der Waals surface area contributed by atoms with Crippen molar-refractivity contribution in [3.05, 3.63) is 82.3 Å². The molecule has 7 heteroatoms. The minimum Gasteiger partial charge on any atom is -0.505 e. The fraction of sp³-hybridized carbons (Fsp3) is 0.200. The van der Waals surface area contributed by atoms with Crippen LogP contribution in [0.15, 0.2) is 75.7 Å². The van der Waals surface area contributed by atoms with Crippen LogP contribution >= 0.6 is 0 Å². The molecule has 32 heavy (non-hydrogen) atoms. The van der Waals surface area contributed by atoms with Gasteiger partial charge in [0.05, 0.1) is 17.5 Å². The molecule has 0 saturated heterocycles. The molecule has 0 saturated carbocycles. The van der Waals surface area contributed by atoms with Crippen LogP contribution in [0.4, 0.5) is 11.4 Å². The number of hydrogen-bond donors (Lipinski definition) is 2. The van der Waals surface area contributed by atoms with Gasteiger partial charge in [0.2, 0.25) is 0 Å². The predicted octanol–water partition coefficient (Wildman–Crippen LogP) is 6.23. The summed E-state index contributed by atoms with van der Waals surface area (Å²) in [6.07, 6.45) is 1.12. The molecule has 0 unspecified atom stereocenters. The van der Waals surface area contributed by atoms with E-state index in [9.17, 15) is 9.90 Å². The van der Waals surface area contributed by atoms with Crippen LogP contribution in [-0.4, -0.2) is 14.9 Å². The Hall–Kier alpha value is -4.18. The first-order valence-corrected chi connectivity index (χ1v) is 10.5. The molecule has 0 radical (unpaired) electrons. The lowest BCUT2D eigenvalue weighted by Crippen LogP contribution is -2.14. The molecule has 0 amide bonds. The van der Waals surface area contributed by atoms with Crippen molar-refractivity contribution in [3.63, 3.8) is 0 Å². The molecule has 0 atom stereocenters. The molecule has 162 valence electrons. The predicted molar refractivity (Wildman–Crippen MR) is 126 cm³/mol. The summed E-state index contributed by atoms with van der Waals surface area (Å²) in [5.41, 5.74) is 2.40. The van der Waals surface area contributed by atoms with Crippen molar-refractivity contribution < 1.29 is 5.11 Å². The Morgan fingerprint density at radius 3 is 2.47 bits per heavy atom. The number of rotatable bonds is 5. The molecule has 0 fully saturated rings. The second-order valence-corrected chi connectivity index (χ2v) is 6.90. The maximum Gasteiger partial charge on any atom is 0.299 e. The maximum absolute atomic E-state index is 12.8. The van der Waals surface area contributed by atoms with Gasteiger partial charge in [-0.25, -0.2) is 4.68 Å². The average molecular weight is 428 g/mol. The van der Waals surface area contributed by atoms with Gasteiger partial charge in [-0.2, -0.15) is 5.26 Å². The number of benzene rings is 3. The number of hydrogen-bond acceptors (Lipinski definition) is 5. The van der Waals surface area contributed by atoms with E-state index in [4.69, 9.17) is 5.26 Å². The highest BCUT2D eigenvalue weighted by Gasteiger charge is 2.13. The molecule has 0 aliphatic rings. The highest BCUT2D eigenvalue weighted by molar-refractivity contribution is 5.92. The molecule has 4 rings (SSSR count). The van der Waals surface area contributed by atoms with Gasteiger partial charge in [0.1, 0.15) is 5.69 Å². The summed E-state index contributed by atoms with van der Waals surface area (Å²) in [4.78, 5) is 12.8. The molecule has 3 aromatic carbocycles. The molecule has 0 bridgehead atoms. The highest BCUT2D eigenvalue weighted by Crippen LogP contribution is 2.35. The van der Waals surface area contributed by atoms with Crippen molar-refractivity contribution >= 4 is 22.1 Å². The van der Waals surface area contributed by atoms with Crippen LogP contribution in [0.2, 0.25) is 0 Å². The van der Waals surface area contributed by atoms with Crippen molar-refractivity contribution in [2.75, 3.05) is 0 Å². The van der Waals surface area contributed by atoms with E-state index in [1.54, 1.807) is 19.1 Å². The first kappa shape index (κ1) is 22.5. The number of aromatic nitrogens is 2. The van der Waals surface area contributed by atoms with Gasteiger partial charge in [-0.05, 0) is 42.5 Å². The Balaban J connectivity index is 0.00000141. The number of phenols is 1. The lowest BCUT2D eigenvalue weighted by molar-refractivity contribution is 0.482. The van der Waals surface area contributed by atoms with Gasteiger partial charge in [0.15, 0.2) is 11.4 Å². The van der Waals surface area contributed by atoms with Gasteiger partial charge in [-0.3, -0.25) is 9.89 Å². The zero-order valence-corrected chi connectivity index (χ0v) is 18.3. The Labute approximate surface area is 186 Å². The lowest BCUT2D eigenvalue weighted by Gasteiger charge is -2.03. The van der Waals surface area contributed by atoms with Crippen LogP contribution < -0.4 is 5.56 Å². The minimum atomic E-state index is -0.332. The van der Waals surface area contributed by atoms with Crippen LogP contribution in [-0.2, 0) is 6.42 Å². The average Bonchev–Trinajstić information content (AvgIpc) is 3.12. The lowest BCUT2D eigenvalue weighted by atomic mass is 10.1. The Kier molecular flexibility index (Phi) is 7.19. The van der Waals surface area contributed by atoms with E-state index >= 15 is 0 Å². The molecular formula is C25H25N5O2. The molecule has 0 spiro atoms. The summed E-state index contributed by atoms with van der Waals surface area (Å²) in [7, 11) is 0. The summed E-state index contributed by atoms with van der Waals surface area (Å²) in [6.45, 7) is 5.74. The number of aromatic amines is 1. The molecule has 0 aliphatic heterocycles. The molecule has 1 aromatic heterocycles. The van der Waals surface area contributed by atoms with Crippen LogP contribution in [0, 0.1) is 18.3 Å². The zero-order chi connectivity index (χ0) is 23.1. The van der Waals surface area contributed by atoms with E-state index in [-0.39, 0.29) is 17.0 Å². The third-order valence-electron chi connectivity index (χ3n) is 4.90. The Morgan fingerprint density at radius 1 is 1.03 bits per heavy atom. The first-order chi connectivity index (χ1) is 15.6. The summed E-state index contributed by atoms with van der Waals surface area (Å²) >= 11 is 0. The number of nitrogens with zero attached hydrogens (tertiary/aromatic N) is 4. The normalized spacial score (nSPS) is 10.7. The molecule has 1 heterocycles. The summed E-state index contributed by atoms with van der Waals surface area (Å²) in [6, 6.07) is 20.5. The van der Waals surface area contributed by atoms with Crippen molar-refractivity contribution in [2.24, 2.45) is 10.2 Å². The number of phenolic OH excluding ortho intramolecular Hbond substituents is 1. The van der Waals surface area contributed by atoms with Gasteiger partial charge in [0.25, 0.3) is 5.56 Å². The number of azo groups is 1. The van der Waals surface area contributed by atoms with Crippen molar-refractivity contribution in [2.45, 2.75) is 33.6 Å². The Morgan fingerprint density at radius 2 is 1.75 bits per heavy atom. The van der Waals surface area contributed by atoms with Gasteiger partial charge >= 0.3 is 0 Å². The van der Waals surface area contributed by atoms with Gasteiger partial charge in [0, 0.05) is 11.8 Å². The minimum absolute atomic E-state index is 0.0262. The Bertz CT molecular complexity index is 1340. The van der Waals surface area contributed by atoms with Crippen molar-refractivity contribution in [1.82, 2.24) is 9.78 Å². The molecule has 4 aromatic rings. The molecule has 7 nitrogen and oxygen atoms in total. The van der Waals surface area contributed by atoms with Crippen molar-refractivity contribution in [1.29, 1.82) is 5.26 Å². The molecular weight excluding hydrogens is 402 g/mol. The second-order valence-electron chi connectivity index (χ2n) is 6.90. The maximum atomic E-state index is 12.8. The van der Waals surface area contributed by atoms with Crippen molar-refractivity contribution in [3.8, 4) is 17.5 Å². The highest BCUT2D eigenvalue weighted by atomic mass is 16.3. The fourth-order valence-corrected chi connectivity index (χ4v) is 3.28. The summed E-state index contributed by atoms with van der Waals surface area (Å²) < 4.78 is 1.40. The van der Waals surface area contributed by atoms with E-state index < -0.39 is 0 Å². The third kappa shape index (κ3) is 4.60. The quantitative estimate of drug-likeness (QED) is 0.369. The number of nitriles is 1. The monoisotopic (exact) mass is 427 g/mol. The van der Waals surface area contributed by atoms with Crippen LogP contribution in [0.3, 0.4) is 0 Å². The summed E-state index contributed by atoms with van der Waals surface area (Å²) in [5, 5.41) is 32.0. The number of H-pyrrole nitrogens is 1. The van der Waals surface area contributed by atoms with Gasteiger partial charge in [-0.15, -0.1) is 10.2 Å². The third-order valence-corrected chi connectivity index (χ3v) is 4.90. The SMILES string of the molecule is CC.Cc1[nH]n(-c2ccc(CCC#N)cc2)c(=O)c1N=Nc1ccc2ccccc2c1O. The van der Waals surface area contributed by atoms with E-state index in [0.717, 1.165) is 10.9 Å². The molecule has 2 N–H and O–H groups in total. The number of fused-ring (bicyclic) bond motifs is 1. The largest absolute Gasteiger partial charge is 0.505 e. The smallest absolute Gasteiger partial charge is 0.299 e. The first-order valence-electron chi connectivity index (χ1n) is 10.5. The summed E-state index contributed by atoms with van der Waals surface area (Å²) in [5.74, 6) is 0.0262. The van der Waals surface area contributed by atoms with E-state index in [0.29, 0.717) is 35.3 Å². The fourth-order valence-electron chi connectivity index (χ4n) is 3.28. The zero-order valence-electron chi connectivity index (χ0n) is 18.3. The van der Waals surface area contributed by atoms with E-state index in [2.05, 4.69) is 21.4 Å². The van der Waals surface area contributed by atoms with E-state index in [1.807, 2.05) is 62.4 Å². The standard InChI is InChI=1S/C23H19N5O2.C2H6/c1-15-21(26-25-20-13-10-17-6-2-3-7-19(17)22(20)29)23(30)28(27-15)18-11-8-16(9-12-18)5-4-14-24;1-2/h2-3,6-13,27,29H,4-5H2,1H3;1-2H3. The van der Waals surface area contributed by atoms with Crippen LogP contribution in [0.25, 0.3) is 16.5 Å². The second kappa shape index (κ2) is 10.2. The van der Waals surface area contributed by atoms with E-state index in [1.165, 1.54) is 4.68 Å². The number of aryl methyl sites for hydroxylation is 2. The van der Waals surface area contributed by atoms with Crippen LogP contribution in [0.5, 0.6) is 5.75 Å². The topological polar surface area (TPSA) is 107 Å². The molecule has 0 aliphatic carbocycles. The number of nitrogens with one attached hydrogen (secondary N) is 1. The number of aromatic hydroxyl groups is 1.